The monoisotopic (exact) mass is 344 g/mol. The highest BCUT2D eigenvalue weighted by molar-refractivity contribution is 6.22. The minimum absolute atomic E-state index is 0.112. The molecule has 7 heteroatoms. The lowest BCUT2D eigenvalue weighted by atomic mass is 9.97. The van der Waals surface area contributed by atoms with Crippen LogP contribution >= 0.6 is 0 Å². The molecule has 3 rings (SSSR count). The van der Waals surface area contributed by atoms with Gasteiger partial charge in [-0.2, -0.15) is 0 Å². The molecule has 2 heterocycles. The van der Waals surface area contributed by atoms with Crippen LogP contribution in [0.1, 0.15) is 46.0 Å². The summed E-state index contributed by atoms with van der Waals surface area (Å²) in [6.45, 7) is 3.90. The maximum Gasteiger partial charge on any atom is 0.308 e. The van der Waals surface area contributed by atoms with Crippen LogP contribution in [0.2, 0.25) is 0 Å². The Kier molecular flexibility index (Phi) is 4.32. The van der Waals surface area contributed by atoms with Crippen LogP contribution in [0.15, 0.2) is 18.2 Å². The Morgan fingerprint density at radius 3 is 2.56 bits per heavy atom. The number of benzene rings is 1. The summed E-state index contributed by atoms with van der Waals surface area (Å²) >= 11 is 0. The van der Waals surface area contributed by atoms with Crippen molar-refractivity contribution < 1.29 is 24.3 Å². The van der Waals surface area contributed by atoms with E-state index in [1.807, 2.05) is 6.92 Å². The first kappa shape index (κ1) is 17.1. The number of fused-ring (bicyclic) bond motifs is 1. The number of imide groups is 1. The Morgan fingerprint density at radius 1 is 1.20 bits per heavy atom. The molecule has 1 fully saturated rings. The summed E-state index contributed by atoms with van der Waals surface area (Å²) in [5, 5.41) is 9.16. The summed E-state index contributed by atoms with van der Waals surface area (Å²) in [5.41, 5.74) is 1.48. The number of amides is 3. The van der Waals surface area contributed by atoms with Gasteiger partial charge in [0.2, 0.25) is 5.91 Å². The van der Waals surface area contributed by atoms with Gasteiger partial charge in [-0.3, -0.25) is 24.1 Å². The smallest absolute Gasteiger partial charge is 0.308 e. The van der Waals surface area contributed by atoms with Crippen molar-refractivity contribution in [2.24, 2.45) is 5.92 Å². The van der Waals surface area contributed by atoms with Crippen molar-refractivity contribution in [1.82, 2.24) is 9.80 Å². The lowest BCUT2D eigenvalue weighted by molar-refractivity contribution is -0.146. The zero-order valence-electron chi connectivity index (χ0n) is 14.2. The topological polar surface area (TPSA) is 95.0 Å². The molecule has 0 radical (unpaired) electrons. The van der Waals surface area contributed by atoms with Gasteiger partial charge in [-0.1, -0.05) is 11.6 Å². The van der Waals surface area contributed by atoms with Crippen LogP contribution in [-0.2, 0) is 9.59 Å². The van der Waals surface area contributed by atoms with Crippen molar-refractivity contribution in [3.05, 3.63) is 34.9 Å². The Morgan fingerprint density at radius 2 is 1.88 bits per heavy atom. The molecule has 0 spiro atoms. The SMILES string of the molecule is Cc1ccc2c(c1)C(=O)N(C(C)C(=O)N1CCCC(C(=O)O)C1)C2=O. The number of carbonyl (C=O) groups is 4. The van der Waals surface area contributed by atoms with Crippen molar-refractivity contribution in [1.29, 1.82) is 0 Å². The van der Waals surface area contributed by atoms with Crippen molar-refractivity contribution in [3.63, 3.8) is 0 Å². The third-order valence-electron chi connectivity index (χ3n) is 4.90. The molecule has 7 nitrogen and oxygen atoms in total. The van der Waals surface area contributed by atoms with Gasteiger partial charge in [0, 0.05) is 13.1 Å². The van der Waals surface area contributed by atoms with E-state index in [0.717, 1.165) is 10.5 Å². The lowest BCUT2D eigenvalue weighted by Gasteiger charge is -2.34. The molecule has 0 aliphatic carbocycles. The molecule has 2 unspecified atom stereocenters. The predicted octanol–water partition coefficient (Wildman–Crippen LogP) is 1.30. The molecule has 25 heavy (non-hydrogen) atoms. The normalized spacial score (nSPS) is 21.3. The zero-order valence-corrected chi connectivity index (χ0v) is 14.2. The zero-order chi connectivity index (χ0) is 18.3. The number of hydrogen-bond acceptors (Lipinski definition) is 4. The van der Waals surface area contributed by atoms with Gasteiger partial charge in [0.25, 0.3) is 11.8 Å². The molecule has 0 bridgehead atoms. The number of nitrogens with zero attached hydrogens (tertiary/aromatic N) is 2. The quantitative estimate of drug-likeness (QED) is 0.834. The molecule has 1 aromatic carbocycles. The molecule has 1 saturated heterocycles. The van der Waals surface area contributed by atoms with Gasteiger partial charge in [0.05, 0.1) is 17.0 Å². The number of aliphatic carboxylic acids is 1. The second kappa shape index (κ2) is 6.31. The molecule has 0 saturated carbocycles. The van der Waals surface area contributed by atoms with E-state index in [1.165, 1.54) is 11.8 Å². The Labute approximate surface area is 145 Å². The number of likely N-dealkylation sites (tertiary alicyclic amines) is 1. The van der Waals surface area contributed by atoms with E-state index in [2.05, 4.69) is 0 Å². The maximum absolute atomic E-state index is 12.7. The van der Waals surface area contributed by atoms with Crippen LogP contribution in [0.5, 0.6) is 0 Å². The number of hydrogen-bond donors (Lipinski definition) is 1. The first-order valence-electron chi connectivity index (χ1n) is 8.31. The Balaban J connectivity index is 1.80. The van der Waals surface area contributed by atoms with Crippen LogP contribution < -0.4 is 0 Å². The molecular weight excluding hydrogens is 324 g/mol. The number of piperidine rings is 1. The Hall–Kier alpha value is -2.70. The number of rotatable bonds is 3. The van der Waals surface area contributed by atoms with E-state index < -0.39 is 35.7 Å². The summed E-state index contributed by atoms with van der Waals surface area (Å²) in [7, 11) is 0. The molecule has 1 N–H and O–H groups in total. The maximum atomic E-state index is 12.7. The van der Waals surface area contributed by atoms with Crippen LogP contribution in [0, 0.1) is 12.8 Å². The van der Waals surface area contributed by atoms with E-state index in [1.54, 1.807) is 18.2 Å². The third kappa shape index (κ3) is 2.90. The fourth-order valence-electron chi connectivity index (χ4n) is 3.48. The minimum atomic E-state index is -0.958. The largest absolute Gasteiger partial charge is 0.481 e. The van der Waals surface area contributed by atoms with Crippen molar-refractivity contribution >= 4 is 23.7 Å². The summed E-state index contributed by atoms with van der Waals surface area (Å²) in [5.74, 6) is -2.88. The average Bonchev–Trinajstić information content (AvgIpc) is 2.84. The number of carboxylic acid groups (broad SMARTS) is 1. The molecule has 2 aliphatic rings. The highest BCUT2D eigenvalue weighted by atomic mass is 16.4. The predicted molar refractivity (Wildman–Crippen MR) is 88.1 cm³/mol. The molecular formula is C18H20N2O5. The van der Waals surface area contributed by atoms with Crippen molar-refractivity contribution in [2.45, 2.75) is 32.7 Å². The van der Waals surface area contributed by atoms with Crippen LogP contribution in [0.25, 0.3) is 0 Å². The van der Waals surface area contributed by atoms with Gasteiger partial charge in [0.1, 0.15) is 6.04 Å². The average molecular weight is 344 g/mol. The summed E-state index contributed by atoms with van der Waals surface area (Å²) in [6.07, 6.45) is 1.12. The second-order valence-corrected chi connectivity index (χ2v) is 6.67. The van der Waals surface area contributed by atoms with Gasteiger partial charge < -0.3 is 10.0 Å². The second-order valence-electron chi connectivity index (χ2n) is 6.67. The van der Waals surface area contributed by atoms with E-state index in [0.29, 0.717) is 30.5 Å². The van der Waals surface area contributed by atoms with E-state index in [9.17, 15) is 19.2 Å². The summed E-state index contributed by atoms with van der Waals surface area (Å²) in [4.78, 5) is 51.5. The van der Waals surface area contributed by atoms with E-state index in [4.69, 9.17) is 5.11 Å². The minimum Gasteiger partial charge on any atom is -0.481 e. The van der Waals surface area contributed by atoms with Crippen LogP contribution in [0.3, 0.4) is 0 Å². The van der Waals surface area contributed by atoms with Gasteiger partial charge in [0.15, 0.2) is 0 Å². The van der Waals surface area contributed by atoms with E-state index in [-0.39, 0.29) is 6.54 Å². The molecule has 2 aliphatic heterocycles. The molecule has 3 amide bonds. The number of carboxylic acids is 1. The third-order valence-corrected chi connectivity index (χ3v) is 4.90. The first-order valence-corrected chi connectivity index (χ1v) is 8.31. The van der Waals surface area contributed by atoms with Crippen LogP contribution in [0.4, 0.5) is 0 Å². The molecule has 2 atom stereocenters. The van der Waals surface area contributed by atoms with Gasteiger partial charge >= 0.3 is 5.97 Å². The number of aryl methyl sites for hydroxylation is 1. The molecule has 0 aromatic heterocycles. The van der Waals surface area contributed by atoms with Gasteiger partial charge in [-0.05, 0) is 38.8 Å². The molecule has 1 aromatic rings. The first-order chi connectivity index (χ1) is 11.8. The standard InChI is InChI=1S/C18H20N2O5/c1-10-5-6-13-14(8-10)17(23)20(16(13)22)11(2)15(21)19-7-3-4-12(9-19)18(24)25/h5-6,8,11-12H,3-4,7,9H2,1-2H3,(H,24,25). The van der Waals surface area contributed by atoms with Crippen molar-refractivity contribution in [2.75, 3.05) is 13.1 Å². The summed E-state index contributed by atoms with van der Waals surface area (Å²) < 4.78 is 0. The fraction of sp³-hybridized carbons (Fsp3) is 0.444. The lowest BCUT2D eigenvalue weighted by Crippen LogP contribution is -2.52. The number of carbonyl (C=O) groups excluding carboxylic acids is 3. The molecule has 132 valence electrons. The van der Waals surface area contributed by atoms with Gasteiger partial charge in [-0.25, -0.2) is 0 Å². The van der Waals surface area contributed by atoms with Gasteiger partial charge in [-0.15, -0.1) is 0 Å². The Bertz CT molecular complexity index is 773. The fourth-order valence-corrected chi connectivity index (χ4v) is 3.48. The highest BCUT2D eigenvalue weighted by Gasteiger charge is 2.42. The van der Waals surface area contributed by atoms with E-state index >= 15 is 0 Å². The highest BCUT2D eigenvalue weighted by Crippen LogP contribution is 2.27. The van der Waals surface area contributed by atoms with Crippen molar-refractivity contribution in [3.8, 4) is 0 Å². The summed E-state index contributed by atoms with van der Waals surface area (Å²) in [6, 6.07) is 4.04. The van der Waals surface area contributed by atoms with Crippen LogP contribution in [-0.4, -0.2) is 57.7 Å².